The molecule has 0 saturated carbocycles. The van der Waals surface area contributed by atoms with Gasteiger partial charge < -0.3 is 5.32 Å². The molecule has 0 aliphatic carbocycles. The molecule has 0 amide bonds. The Hall–Kier alpha value is -2.41. The highest BCUT2D eigenvalue weighted by Gasteiger charge is 2.09. The third-order valence-electron chi connectivity index (χ3n) is 2.76. The molecule has 2 rings (SSSR count). The third-order valence-corrected chi connectivity index (χ3v) is 2.76. The van der Waals surface area contributed by atoms with Gasteiger partial charge >= 0.3 is 0 Å². The van der Waals surface area contributed by atoms with Gasteiger partial charge in [-0.15, -0.1) is 0 Å². The largest absolute Gasteiger partial charge is 0.378 e. The highest BCUT2D eigenvalue weighted by Crippen LogP contribution is 2.21. The predicted molar refractivity (Wildman–Crippen MR) is 69.6 cm³/mol. The average Bonchev–Trinajstić information content (AvgIpc) is 2.37. The smallest absolute Gasteiger partial charge is 0.126 e. The lowest BCUT2D eigenvalue weighted by Gasteiger charge is -2.16. The van der Waals surface area contributed by atoms with E-state index >= 15 is 0 Å². The maximum absolute atomic E-state index is 13.1. The van der Waals surface area contributed by atoms with Crippen LogP contribution in [0.5, 0.6) is 0 Å². The molecular weight excluding hydrogens is 246 g/mol. The fourth-order valence-electron chi connectivity index (χ4n) is 1.84. The summed E-state index contributed by atoms with van der Waals surface area (Å²) >= 11 is 0. The molecule has 19 heavy (non-hydrogen) atoms. The summed E-state index contributed by atoms with van der Waals surface area (Å²) in [6, 6.07) is 12.1. The first-order valence-electron chi connectivity index (χ1n) is 5.81. The zero-order chi connectivity index (χ0) is 13.8. The van der Waals surface area contributed by atoms with Crippen LogP contribution in [0.4, 0.5) is 14.5 Å². The molecular formula is C15H12F2N2. The van der Waals surface area contributed by atoms with E-state index in [0.29, 0.717) is 11.1 Å². The van der Waals surface area contributed by atoms with Gasteiger partial charge in [-0.3, -0.25) is 0 Å². The fourth-order valence-corrected chi connectivity index (χ4v) is 1.84. The maximum atomic E-state index is 13.1. The van der Waals surface area contributed by atoms with Crippen molar-refractivity contribution in [1.82, 2.24) is 0 Å². The lowest BCUT2D eigenvalue weighted by atomic mass is 10.1. The second kappa shape index (κ2) is 5.49. The monoisotopic (exact) mass is 258 g/mol. The van der Waals surface area contributed by atoms with Gasteiger partial charge in [0.05, 0.1) is 11.6 Å². The van der Waals surface area contributed by atoms with E-state index < -0.39 is 11.6 Å². The molecule has 0 spiro atoms. The molecule has 1 unspecified atom stereocenters. The molecule has 0 bridgehead atoms. The second-order valence-electron chi connectivity index (χ2n) is 4.26. The quantitative estimate of drug-likeness (QED) is 0.902. The van der Waals surface area contributed by atoms with E-state index in [1.807, 2.05) is 6.07 Å². The minimum atomic E-state index is -0.602. The Morgan fingerprint density at radius 2 is 1.79 bits per heavy atom. The first kappa shape index (κ1) is 13.0. The Kier molecular flexibility index (Phi) is 3.76. The van der Waals surface area contributed by atoms with Gasteiger partial charge in [-0.1, -0.05) is 6.07 Å². The second-order valence-corrected chi connectivity index (χ2v) is 4.26. The molecule has 1 atom stereocenters. The lowest BCUT2D eigenvalue weighted by molar-refractivity contribution is 0.577. The fraction of sp³-hybridized carbons (Fsp3) is 0.133. The van der Waals surface area contributed by atoms with Crippen molar-refractivity contribution in [2.45, 2.75) is 13.0 Å². The number of hydrogen-bond acceptors (Lipinski definition) is 2. The Morgan fingerprint density at radius 1 is 1.11 bits per heavy atom. The number of nitriles is 1. The van der Waals surface area contributed by atoms with Crippen LogP contribution < -0.4 is 5.32 Å². The molecule has 4 heteroatoms. The summed E-state index contributed by atoms with van der Waals surface area (Å²) in [5.41, 5.74) is 1.78. The molecule has 0 aliphatic heterocycles. The standard InChI is InChI=1S/C15H12F2N2/c1-10(12-6-13(16)8-14(17)7-12)19-15-4-2-3-11(5-15)9-18/h2-8,10,19H,1H3. The highest BCUT2D eigenvalue weighted by molar-refractivity contribution is 5.50. The molecule has 0 fully saturated rings. The van der Waals surface area contributed by atoms with Crippen LogP contribution in [-0.2, 0) is 0 Å². The molecule has 0 radical (unpaired) electrons. The maximum Gasteiger partial charge on any atom is 0.126 e. The molecule has 2 aromatic rings. The average molecular weight is 258 g/mol. The van der Waals surface area contributed by atoms with Crippen LogP contribution in [0.1, 0.15) is 24.1 Å². The van der Waals surface area contributed by atoms with Crippen LogP contribution >= 0.6 is 0 Å². The first-order chi connectivity index (χ1) is 9.08. The molecule has 96 valence electrons. The Labute approximate surface area is 110 Å². The van der Waals surface area contributed by atoms with Crippen LogP contribution in [0.15, 0.2) is 42.5 Å². The number of nitrogens with one attached hydrogen (secondary N) is 1. The van der Waals surface area contributed by atoms with E-state index in [-0.39, 0.29) is 6.04 Å². The summed E-state index contributed by atoms with van der Waals surface area (Å²) in [6.45, 7) is 1.80. The summed E-state index contributed by atoms with van der Waals surface area (Å²) in [4.78, 5) is 0. The van der Waals surface area contributed by atoms with Crippen molar-refractivity contribution in [3.8, 4) is 6.07 Å². The van der Waals surface area contributed by atoms with E-state index in [1.165, 1.54) is 12.1 Å². The summed E-state index contributed by atoms with van der Waals surface area (Å²) in [5.74, 6) is -1.20. The first-order valence-corrected chi connectivity index (χ1v) is 5.81. The minimum Gasteiger partial charge on any atom is -0.378 e. The summed E-state index contributed by atoms with van der Waals surface area (Å²) < 4.78 is 26.3. The van der Waals surface area contributed by atoms with E-state index in [2.05, 4.69) is 5.32 Å². The molecule has 0 heterocycles. The Bertz CT molecular complexity index is 612. The number of hydrogen-bond donors (Lipinski definition) is 1. The van der Waals surface area contributed by atoms with Gasteiger partial charge in [-0.2, -0.15) is 5.26 Å². The number of anilines is 1. The van der Waals surface area contributed by atoms with Crippen molar-refractivity contribution in [2.24, 2.45) is 0 Å². The number of rotatable bonds is 3. The van der Waals surface area contributed by atoms with Crippen molar-refractivity contribution in [2.75, 3.05) is 5.32 Å². The topological polar surface area (TPSA) is 35.8 Å². The Morgan fingerprint density at radius 3 is 2.42 bits per heavy atom. The van der Waals surface area contributed by atoms with Gasteiger partial charge in [-0.25, -0.2) is 8.78 Å². The summed E-state index contributed by atoms with van der Waals surface area (Å²) in [6.07, 6.45) is 0. The van der Waals surface area contributed by atoms with E-state index in [1.54, 1.807) is 31.2 Å². The number of halogens is 2. The van der Waals surface area contributed by atoms with Gasteiger partial charge in [-0.05, 0) is 42.8 Å². The normalized spacial score (nSPS) is 11.7. The molecule has 0 saturated heterocycles. The Balaban J connectivity index is 2.20. The van der Waals surface area contributed by atoms with E-state index in [0.717, 1.165) is 11.8 Å². The lowest BCUT2D eigenvalue weighted by Crippen LogP contribution is -2.07. The number of nitrogens with zero attached hydrogens (tertiary/aromatic N) is 1. The van der Waals surface area contributed by atoms with Gasteiger partial charge in [0.2, 0.25) is 0 Å². The number of benzene rings is 2. The summed E-state index contributed by atoms with van der Waals surface area (Å²) in [5, 5.41) is 11.9. The van der Waals surface area contributed by atoms with Gasteiger partial charge in [0, 0.05) is 17.8 Å². The van der Waals surface area contributed by atoms with E-state index in [4.69, 9.17) is 5.26 Å². The van der Waals surface area contributed by atoms with Crippen LogP contribution in [0.25, 0.3) is 0 Å². The van der Waals surface area contributed by atoms with Crippen LogP contribution in [0.2, 0.25) is 0 Å². The van der Waals surface area contributed by atoms with Gasteiger partial charge in [0.25, 0.3) is 0 Å². The highest BCUT2D eigenvalue weighted by atomic mass is 19.1. The van der Waals surface area contributed by atoms with E-state index in [9.17, 15) is 8.78 Å². The zero-order valence-corrected chi connectivity index (χ0v) is 10.3. The SMILES string of the molecule is CC(Nc1cccc(C#N)c1)c1cc(F)cc(F)c1. The zero-order valence-electron chi connectivity index (χ0n) is 10.3. The molecule has 2 nitrogen and oxygen atoms in total. The third kappa shape index (κ3) is 3.29. The minimum absolute atomic E-state index is 0.265. The van der Waals surface area contributed by atoms with Crippen LogP contribution in [0, 0.1) is 23.0 Å². The molecule has 0 aromatic heterocycles. The molecule has 0 aliphatic rings. The van der Waals surface area contributed by atoms with Crippen molar-refractivity contribution in [3.05, 3.63) is 65.2 Å². The summed E-state index contributed by atoms with van der Waals surface area (Å²) in [7, 11) is 0. The van der Waals surface area contributed by atoms with Crippen LogP contribution in [-0.4, -0.2) is 0 Å². The molecule has 2 aromatic carbocycles. The van der Waals surface area contributed by atoms with Crippen molar-refractivity contribution >= 4 is 5.69 Å². The van der Waals surface area contributed by atoms with Gasteiger partial charge in [0.15, 0.2) is 0 Å². The molecule has 1 N–H and O–H groups in total. The predicted octanol–water partition coefficient (Wildman–Crippen LogP) is 4.01. The van der Waals surface area contributed by atoms with Crippen molar-refractivity contribution in [1.29, 1.82) is 5.26 Å². The van der Waals surface area contributed by atoms with Crippen molar-refractivity contribution < 1.29 is 8.78 Å². The van der Waals surface area contributed by atoms with Crippen LogP contribution in [0.3, 0.4) is 0 Å². The van der Waals surface area contributed by atoms with Gasteiger partial charge in [0.1, 0.15) is 11.6 Å². The van der Waals surface area contributed by atoms with Crippen molar-refractivity contribution in [3.63, 3.8) is 0 Å².